The van der Waals surface area contributed by atoms with Crippen LogP contribution in [0.5, 0.6) is 17.2 Å². The molecule has 0 saturated heterocycles. The third-order valence-corrected chi connectivity index (χ3v) is 6.31. The van der Waals surface area contributed by atoms with Crippen LogP contribution in [0.15, 0.2) is 23.6 Å². The summed E-state index contributed by atoms with van der Waals surface area (Å²) in [6.07, 6.45) is 4.12. The smallest absolute Gasteiger partial charge is 0.338 e. The van der Waals surface area contributed by atoms with E-state index in [9.17, 15) is 4.79 Å². The van der Waals surface area contributed by atoms with Gasteiger partial charge >= 0.3 is 5.97 Å². The third-order valence-electron chi connectivity index (χ3n) is 5.33. The Balaban J connectivity index is 1.83. The lowest BCUT2D eigenvalue weighted by atomic mass is 9.80. The number of nitrogens with one attached hydrogen (secondary N) is 1. The summed E-state index contributed by atoms with van der Waals surface area (Å²) >= 11 is 1.78. The van der Waals surface area contributed by atoms with E-state index in [0.717, 1.165) is 32.2 Å². The molecule has 1 aliphatic rings. The van der Waals surface area contributed by atoms with Gasteiger partial charge in [0.25, 0.3) is 0 Å². The Morgan fingerprint density at radius 1 is 1.17 bits per heavy atom. The van der Waals surface area contributed by atoms with Gasteiger partial charge in [0.1, 0.15) is 6.61 Å². The molecular weight excluding hydrogens is 390 g/mol. The van der Waals surface area contributed by atoms with Gasteiger partial charge in [0.2, 0.25) is 5.75 Å². The molecule has 1 atom stereocenters. The van der Waals surface area contributed by atoms with Crippen molar-refractivity contribution in [3.63, 3.8) is 0 Å². The van der Waals surface area contributed by atoms with Crippen LogP contribution in [0.1, 0.15) is 47.0 Å². The average molecular weight is 420 g/mol. The minimum absolute atomic E-state index is 0.284. The Labute approximate surface area is 176 Å². The van der Waals surface area contributed by atoms with E-state index in [0.29, 0.717) is 22.8 Å². The highest BCUT2D eigenvalue weighted by atomic mass is 32.1. The summed E-state index contributed by atoms with van der Waals surface area (Å²) in [6.45, 7) is 3.29. The fraction of sp³-hybridized carbons (Fsp3) is 0.500. The summed E-state index contributed by atoms with van der Waals surface area (Å²) in [4.78, 5) is 14.3. The molecular formula is C22H29NO5S. The van der Waals surface area contributed by atoms with Crippen LogP contribution in [0.4, 0.5) is 0 Å². The Morgan fingerprint density at radius 3 is 2.52 bits per heavy atom. The van der Waals surface area contributed by atoms with Gasteiger partial charge in [-0.2, -0.15) is 0 Å². The van der Waals surface area contributed by atoms with Crippen LogP contribution in [-0.4, -0.2) is 40.5 Å². The number of rotatable bonds is 9. The van der Waals surface area contributed by atoms with Crippen LogP contribution in [0.25, 0.3) is 0 Å². The molecule has 3 rings (SSSR count). The van der Waals surface area contributed by atoms with Crippen molar-refractivity contribution in [2.75, 3.05) is 34.5 Å². The standard InChI is InChI=1S/C22H29NO5S/c1-5-10-23-22(9-6-7-19-16(22)8-11-29-19)14-28-21(24)15-12-17(25-2)20(27-4)18(13-15)26-3/h8,11-13,23H,5-7,9-10,14H2,1-4H3. The predicted molar refractivity (Wildman–Crippen MR) is 114 cm³/mol. The second kappa shape index (κ2) is 9.50. The SMILES string of the molecule is CCCNC1(COC(=O)c2cc(OC)c(OC)c(OC)c2)CCCc2sccc21. The van der Waals surface area contributed by atoms with Crippen LogP contribution in [0.3, 0.4) is 0 Å². The minimum Gasteiger partial charge on any atom is -0.493 e. The topological polar surface area (TPSA) is 66.0 Å². The summed E-state index contributed by atoms with van der Waals surface area (Å²) in [7, 11) is 4.58. The van der Waals surface area contributed by atoms with Crippen molar-refractivity contribution < 1.29 is 23.7 Å². The van der Waals surface area contributed by atoms with E-state index in [1.807, 2.05) is 0 Å². The summed E-state index contributed by atoms with van der Waals surface area (Å²) in [5, 5.41) is 5.78. The quantitative estimate of drug-likeness (QED) is 0.616. The molecule has 1 N–H and O–H groups in total. The van der Waals surface area contributed by atoms with Crippen molar-refractivity contribution in [3.8, 4) is 17.2 Å². The molecule has 0 radical (unpaired) electrons. The number of ether oxygens (including phenoxy) is 4. The lowest BCUT2D eigenvalue weighted by Gasteiger charge is -2.38. The van der Waals surface area contributed by atoms with Crippen LogP contribution in [-0.2, 0) is 16.7 Å². The number of fused-ring (bicyclic) bond motifs is 1. The molecule has 2 aromatic rings. The fourth-order valence-electron chi connectivity index (χ4n) is 3.87. The second-order valence-corrected chi connectivity index (χ2v) is 8.11. The second-order valence-electron chi connectivity index (χ2n) is 7.11. The molecule has 0 bridgehead atoms. The Hall–Kier alpha value is -2.25. The van der Waals surface area contributed by atoms with Gasteiger partial charge < -0.3 is 24.3 Å². The Kier molecular flexibility index (Phi) is 7.03. The first-order valence-corrected chi connectivity index (χ1v) is 10.8. The molecule has 0 amide bonds. The highest BCUT2D eigenvalue weighted by Gasteiger charge is 2.38. The number of thiophene rings is 1. The summed E-state index contributed by atoms with van der Waals surface area (Å²) < 4.78 is 21.8. The van der Waals surface area contributed by atoms with E-state index < -0.39 is 5.97 Å². The molecule has 1 unspecified atom stereocenters. The number of aryl methyl sites for hydroxylation is 1. The highest BCUT2D eigenvalue weighted by Crippen LogP contribution is 2.40. The van der Waals surface area contributed by atoms with Gasteiger partial charge in [-0.1, -0.05) is 6.92 Å². The first-order chi connectivity index (χ1) is 14.1. The number of hydrogen-bond donors (Lipinski definition) is 1. The fourth-order valence-corrected chi connectivity index (χ4v) is 4.89. The van der Waals surface area contributed by atoms with Crippen LogP contribution >= 0.6 is 11.3 Å². The van der Waals surface area contributed by atoms with Crippen molar-refractivity contribution in [1.29, 1.82) is 0 Å². The maximum Gasteiger partial charge on any atom is 0.338 e. The average Bonchev–Trinajstić information content (AvgIpc) is 3.25. The van der Waals surface area contributed by atoms with Gasteiger partial charge in [-0.3, -0.25) is 0 Å². The van der Waals surface area contributed by atoms with E-state index >= 15 is 0 Å². The predicted octanol–water partition coefficient (Wildman–Crippen LogP) is 4.16. The zero-order chi connectivity index (χ0) is 20.9. The monoisotopic (exact) mass is 419 g/mol. The molecule has 0 aliphatic heterocycles. The van der Waals surface area contributed by atoms with Crippen molar-refractivity contribution in [3.05, 3.63) is 39.6 Å². The molecule has 0 fully saturated rings. The maximum absolute atomic E-state index is 12.9. The van der Waals surface area contributed by atoms with Gasteiger partial charge in [-0.25, -0.2) is 4.79 Å². The lowest BCUT2D eigenvalue weighted by Crippen LogP contribution is -2.49. The van der Waals surface area contributed by atoms with Gasteiger partial charge in [-0.15, -0.1) is 11.3 Å². The molecule has 29 heavy (non-hydrogen) atoms. The normalized spacial score (nSPS) is 18.1. The van der Waals surface area contributed by atoms with E-state index in [2.05, 4.69) is 23.7 Å². The van der Waals surface area contributed by atoms with Crippen molar-refractivity contribution in [1.82, 2.24) is 5.32 Å². The molecule has 7 heteroatoms. The molecule has 0 spiro atoms. The Morgan fingerprint density at radius 2 is 1.90 bits per heavy atom. The molecule has 6 nitrogen and oxygen atoms in total. The minimum atomic E-state index is -0.413. The number of methoxy groups -OCH3 is 3. The summed E-state index contributed by atoms with van der Waals surface area (Å²) in [6, 6.07) is 5.40. The van der Waals surface area contributed by atoms with E-state index in [1.165, 1.54) is 31.8 Å². The molecule has 1 heterocycles. The first kappa shape index (κ1) is 21.5. The molecule has 0 saturated carbocycles. The number of carbonyl (C=O) groups is 1. The van der Waals surface area contributed by atoms with Crippen molar-refractivity contribution in [2.45, 2.75) is 38.1 Å². The number of esters is 1. The number of carbonyl (C=O) groups excluding carboxylic acids is 1. The largest absolute Gasteiger partial charge is 0.493 e. The molecule has 158 valence electrons. The molecule has 1 aromatic heterocycles. The van der Waals surface area contributed by atoms with Gasteiger partial charge in [0, 0.05) is 4.88 Å². The van der Waals surface area contributed by atoms with Crippen LogP contribution < -0.4 is 19.5 Å². The van der Waals surface area contributed by atoms with E-state index in [4.69, 9.17) is 18.9 Å². The van der Waals surface area contributed by atoms with Crippen molar-refractivity contribution in [2.24, 2.45) is 0 Å². The van der Waals surface area contributed by atoms with Gasteiger partial charge in [0.15, 0.2) is 11.5 Å². The molecule has 1 aliphatic carbocycles. The van der Waals surface area contributed by atoms with Crippen LogP contribution in [0.2, 0.25) is 0 Å². The third kappa shape index (κ3) is 4.36. The lowest BCUT2D eigenvalue weighted by molar-refractivity contribution is 0.0331. The first-order valence-electron chi connectivity index (χ1n) is 9.87. The number of hydrogen-bond acceptors (Lipinski definition) is 7. The van der Waals surface area contributed by atoms with Gasteiger partial charge in [-0.05, 0) is 61.4 Å². The highest BCUT2D eigenvalue weighted by molar-refractivity contribution is 7.10. The zero-order valence-electron chi connectivity index (χ0n) is 17.5. The van der Waals surface area contributed by atoms with Gasteiger partial charge in [0.05, 0.1) is 32.4 Å². The summed E-state index contributed by atoms with van der Waals surface area (Å²) in [5.41, 5.74) is 1.30. The molecule has 1 aromatic carbocycles. The van der Waals surface area contributed by atoms with E-state index in [-0.39, 0.29) is 12.1 Å². The summed E-state index contributed by atoms with van der Waals surface area (Å²) in [5.74, 6) is 0.887. The van der Waals surface area contributed by atoms with Crippen LogP contribution in [0, 0.1) is 0 Å². The maximum atomic E-state index is 12.9. The van der Waals surface area contributed by atoms with Crippen molar-refractivity contribution >= 4 is 17.3 Å². The number of benzene rings is 1. The Bertz CT molecular complexity index is 824. The zero-order valence-corrected chi connectivity index (χ0v) is 18.3. The van der Waals surface area contributed by atoms with E-state index in [1.54, 1.807) is 23.5 Å².